The van der Waals surface area contributed by atoms with Gasteiger partial charge in [-0.05, 0) is 79.2 Å². The minimum absolute atomic E-state index is 0.0402. The number of thiophene rings is 1. The second kappa shape index (κ2) is 6.14. The molecule has 4 aliphatic rings. The van der Waals surface area contributed by atoms with Gasteiger partial charge in [0.25, 0.3) is 5.91 Å². The Bertz CT molecular complexity index is 1000. The maximum Gasteiger partial charge on any atom is 0.256 e. The van der Waals surface area contributed by atoms with Crippen LogP contribution in [-0.4, -0.2) is 27.0 Å². The van der Waals surface area contributed by atoms with Crippen LogP contribution >= 0.6 is 11.3 Å². The summed E-state index contributed by atoms with van der Waals surface area (Å²) in [6.07, 6.45) is 11.6. The molecular weight excluding hydrogens is 368 g/mol. The highest BCUT2D eigenvalue weighted by Crippen LogP contribution is 2.59. The predicted octanol–water partition coefficient (Wildman–Crippen LogP) is 4.40. The number of nitrogens with zero attached hydrogens (tertiary/aromatic N) is 3. The van der Waals surface area contributed by atoms with Crippen LogP contribution in [0.25, 0.3) is 16.2 Å². The third kappa shape index (κ3) is 2.61. The first kappa shape index (κ1) is 16.7. The van der Waals surface area contributed by atoms with Crippen LogP contribution < -0.4 is 5.32 Å². The van der Waals surface area contributed by atoms with Crippen LogP contribution in [0.1, 0.15) is 48.9 Å². The van der Waals surface area contributed by atoms with Gasteiger partial charge in [-0.3, -0.25) is 4.79 Å². The summed E-state index contributed by atoms with van der Waals surface area (Å²) in [7, 11) is 0. The number of hydrogen-bond donors (Lipinski definition) is 1. The third-order valence-electron chi connectivity index (χ3n) is 7.21. The molecule has 3 aromatic heterocycles. The molecule has 4 fully saturated rings. The Hall–Kier alpha value is -2.21. The topological polar surface area (TPSA) is 59.3 Å². The van der Waals surface area contributed by atoms with E-state index in [2.05, 4.69) is 21.5 Å². The number of aromatic nitrogens is 3. The lowest BCUT2D eigenvalue weighted by molar-refractivity contribution is -0.0503. The highest BCUT2D eigenvalue weighted by atomic mass is 32.1. The predicted molar refractivity (Wildman–Crippen MR) is 109 cm³/mol. The first-order valence-corrected chi connectivity index (χ1v) is 11.2. The SMILES string of the molecule is O=C(NCC12CC3CC(CC(C3)C1)C2)c1cnn2c(-c3cccs3)ccnc12. The van der Waals surface area contributed by atoms with E-state index in [9.17, 15) is 4.79 Å². The molecule has 7 rings (SSSR count). The molecule has 1 amide bonds. The van der Waals surface area contributed by atoms with Gasteiger partial charge >= 0.3 is 0 Å². The zero-order chi connectivity index (χ0) is 18.7. The number of rotatable bonds is 4. The zero-order valence-corrected chi connectivity index (χ0v) is 16.6. The normalized spacial score (nSPS) is 30.8. The van der Waals surface area contributed by atoms with E-state index < -0.39 is 0 Å². The first-order chi connectivity index (χ1) is 13.7. The van der Waals surface area contributed by atoms with Crippen molar-refractivity contribution in [3.63, 3.8) is 0 Å². The quantitative estimate of drug-likeness (QED) is 0.716. The van der Waals surface area contributed by atoms with Gasteiger partial charge in [0.05, 0.1) is 16.8 Å². The largest absolute Gasteiger partial charge is 0.351 e. The molecule has 0 saturated heterocycles. The van der Waals surface area contributed by atoms with E-state index in [4.69, 9.17) is 0 Å². The molecule has 0 unspecified atom stereocenters. The highest BCUT2D eigenvalue weighted by Gasteiger charge is 2.50. The van der Waals surface area contributed by atoms with Crippen molar-refractivity contribution in [1.29, 1.82) is 0 Å². The van der Waals surface area contributed by atoms with E-state index in [0.29, 0.717) is 16.6 Å². The molecule has 1 N–H and O–H groups in total. The average Bonchev–Trinajstić information content (AvgIpc) is 3.35. The van der Waals surface area contributed by atoms with E-state index in [1.165, 1.54) is 38.5 Å². The molecule has 4 saturated carbocycles. The van der Waals surface area contributed by atoms with E-state index >= 15 is 0 Å². The van der Waals surface area contributed by atoms with Crippen molar-refractivity contribution in [3.8, 4) is 10.6 Å². The Kier molecular flexibility index (Phi) is 3.67. The van der Waals surface area contributed by atoms with Crippen molar-refractivity contribution >= 4 is 22.9 Å². The smallest absolute Gasteiger partial charge is 0.256 e. The minimum Gasteiger partial charge on any atom is -0.351 e. The summed E-state index contributed by atoms with van der Waals surface area (Å²) in [4.78, 5) is 18.6. The number of nitrogens with one attached hydrogen (secondary N) is 1. The van der Waals surface area contributed by atoms with Gasteiger partial charge in [0.1, 0.15) is 5.56 Å². The molecule has 144 valence electrons. The Morgan fingerprint density at radius 2 is 1.93 bits per heavy atom. The molecule has 3 aromatic rings. The molecule has 0 atom stereocenters. The summed E-state index contributed by atoms with van der Waals surface area (Å²) < 4.78 is 1.78. The number of carbonyl (C=O) groups is 1. The van der Waals surface area contributed by atoms with E-state index in [-0.39, 0.29) is 5.91 Å². The fourth-order valence-electron chi connectivity index (χ4n) is 6.53. The van der Waals surface area contributed by atoms with Crippen molar-refractivity contribution in [1.82, 2.24) is 19.9 Å². The summed E-state index contributed by atoms with van der Waals surface area (Å²) in [6.45, 7) is 0.803. The molecular formula is C22H24N4OS. The van der Waals surface area contributed by atoms with E-state index in [1.807, 2.05) is 17.5 Å². The van der Waals surface area contributed by atoms with Gasteiger partial charge in [0, 0.05) is 12.7 Å². The van der Waals surface area contributed by atoms with Crippen LogP contribution in [0.3, 0.4) is 0 Å². The van der Waals surface area contributed by atoms with Crippen molar-refractivity contribution in [2.45, 2.75) is 38.5 Å². The second-order valence-corrected chi connectivity index (χ2v) is 10.1. The van der Waals surface area contributed by atoms with Crippen LogP contribution in [0.5, 0.6) is 0 Å². The van der Waals surface area contributed by atoms with Crippen molar-refractivity contribution in [2.24, 2.45) is 23.2 Å². The fourth-order valence-corrected chi connectivity index (χ4v) is 7.27. The van der Waals surface area contributed by atoms with Gasteiger partial charge in [0.15, 0.2) is 5.65 Å². The van der Waals surface area contributed by atoms with Gasteiger partial charge in [-0.1, -0.05) is 6.07 Å². The van der Waals surface area contributed by atoms with Gasteiger partial charge in [-0.2, -0.15) is 5.10 Å². The Labute approximate surface area is 168 Å². The first-order valence-electron chi connectivity index (χ1n) is 10.3. The third-order valence-corrected chi connectivity index (χ3v) is 8.10. The lowest BCUT2D eigenvalue weighted by Gasteiger charge is -2.56. The highest BCUT2D eigenvalue weighted by molar-refractivity contribution is 7.13. The number of hydrogen-bond acceptors (Lipinski definition) is 4. The molecule has 4 aliphatic carbocycles. The lowest BCUT2D eigenvalue weighted by Crippen LogP contribution is -2.51. The maximum atomic E-state index is 13.0. The van der Waals surface area contributed by atoms with Gasteiger partial charge in [-0.15, -0.1) is 11.3 Å². The molecule has 0 spiro atoms. The molecule has 28 heavy (non-hydrogen) atoms. The van der Waals surface area contributed by atoms with Crippen LogP contribution in [0.4, 0.5) is 0 Å². The summed E-state index contributed by atoms with van der Waals surface area (Å²) in [5.74, 6) is 2.65. The average molecular weight is 393 g/mol. The summed E-state index contributed by atoms with van der Waals surface area (Å²) >= 11 is 1.66. The van der Waals surface area contributed by atoms with Crippen molar-refractivity contribution in [3.05, 3.63) is 41.5 Å². The van der Waals surface area contributed by atoms with Crippen LogP contribution in [0.15, 0.2) is 36.0 Å². The van der Waals surface area contributed by atoms with Crippen molar-refractivity contribution < 1.29 is 4.79 Å². The molecule has 5 nitrogen and oxygen atoms in total. The molecule has 0 aliphatic heterocycles. The molecule has 0 radical (unpaired) electrons. The number of amides is 1. The number of carbonyl (C=O) groups excluding carboxylic acids is 1. The lowest BCUT2D eigenvalue weighted by atomic mass is 9.49. The van der Waals surface area contributed by atoms with Crippen LogP contribution in [0, 0.1) is 23.2 Å². The van der Waals surface area contributed by atoms with Gasteiger partial charge < -0.3 is 5.32 Å². The Morgan fingerprint density at radius 3 is 2.61 bits per heavy atom. The molecule has 0 aromatic carbocycles. The summed E-state index contributed by atoms with van der Waals surface area (Å²) in [6, 6.07) is 6.03. The Balaban J connectivity index is 1.25. The van der Waals surface area contributed by atoms with Crippen molar-refractivity contribution in [2.75, 3.05) is 6.54 Å². The Morgan fingerprint density at radius 1 is 1.18 bits per heavy atom. The monoisotopic (exact) mass is 392 g/mol. The minimum atomic E-state index is -0.0402. The zero-order valence-electron chi connectivity index (χ0n) is 15.8. The maximum absolute atomic E-state index is 13.0. The number of fused-ring (bicyclic) bond motifs is 1. The fraction of sp³-hybridized carbons (Fsp3) is 0.500. The van der Waals surface area contributed by atoms with E-state index in [0.717, 1.165) is 34.9 Å². The molecule has 6 heteroatoms. The summed E-state index contributed by atoms with van der Waals surface area (Å²) in [5, 5.41) is 9.77. The van der Waals surface area contributed by atoms with Crippen LogP contribution in [0.2, 0.25) is 0 Å². The van der Waals surface area contributed by atoms with Crippen LogP contribution in [-0.2, 0) is 0 Å². The molecule has 4 bridgehead atoms. The summed E-state index contributed by atoms with van der Waals surface area (Å²) in [5.41, 5.74) is 2.51. The van der Waals surface area contributed by atoms with E-state index in [1.54, 1.807) is 28.2 Å². The van der Waals surface area contributed by atoms with Gasteiger partial charge in [0.2, 0.25) is 0 Å². The standard InChI is InChI=1S/C22H24N4OS/c27-21(24-13-22-9-14-6-15(10-22)8-16(7-14)11-22)17-12-25-26-18(3-4-23-20(17)26)19-2-1-5-28-19/h1-5,12,14-16H,6-11,13H2,(H,24,27). The second-order valence-electron chi connectivity index (χ2n) is 9.20. The van der Waals surface area contributed by atoms with Gasteiger partial charge in [-0.25, -0.2) is 9.50 Å². The molecule has 3 heterocycles.